The van der Waals surface area contributed by atoms with Gasteiger partial charge in [-0.05, 0) is 12.1 Å². The second kappa shape index (κ2) is 5.60. The van der Waals surface area contributed by atoms with Crippen LogP contribution in [0.3, 0.4) is 0 Å². The smallest absolute Gasteiger partial charge is 0.323 e. The molecule has 0 saturated heterocycles. The van der Waals surface area contributed by atoms with Crippen molar-refractivity contribution in [3.8, 4) is 0 Å². The van der Waals surface area contributed by atoms with E-state index in [-0.39, 0.29) is 13.1 Å². The highest BCUT2D eigenvalue weighted by atomic mass is 32.2. The minimum Gasteiger partial charge on any atom is -0.480 e. The first-order chi connectivity index (χ1) is 7.88. The van der Waals surface area contributed by atoms with E-state index in [0.717, 1.165) is 0 Å². The highest BCUT2D eigenvalue weighted by Gasteiger charge is 2.14. The molecule has 1 rings (SSSR count). The van der Waals surface area contributed by atoms with Crippen LogP contribution in [0, 0.1) is 0 Å². The van der Waals surface area contributed by atoms with Gasteiger partial charge in [-0.15, -0.1) is 0 Å². The van der Waals surface area contributed by atoms with Crippen LogP contribution >= 0.6 is 0 Å². The van der Waals surface area contributed by atoms with Crippen LogP contribution in [0.4, 0.5) is 5.69 Å². The Kier molecular flexibility index (Phi) is 4.41. The number of pyridine rings is 1. The largest absolute Gasteiger partial charge is 0.480 e. The number of aromatic nitrogens is 1. The summed E-state index contributed by atoms with van der Waals surface area (Å²) in [6.07, 6.45) is 2.94. The van der Waals surface area contributed by atoms with E-state index >= 15 is 0 Å². The zero-order chi connectivity index (χ0) is 12.9. The molecular weight excluding hydrogens is 248 g/mol. The number of carbonyl (C=O) groups is 1. The van der Waals surface area contributed by atoms with Gasteiger partial charge < -0.3 is 10.0 Å². The van der Waals surface area contributed by atoms with Crippen molar-refractivity contribution < 1.29 is 22.9 Å². The molecule has 0 unspecified atom stereocenters. The number of carboxylic acids is 1. The van der Waals surface area contributed by atoms with Gasteiger partial charge in [-0.2, -0.15) is 8.42 Å². The van der Waals surface area contributed by atoms with E-state index in [2.05, 4.69) is 4.98 Å². The normalized spacial score (nSPS) is 11.1. The topological polar surface area (TPSA) is 108 Å². The molecule has 0 spiro atoms. The van der Waals surface area contributed by atoms with E-state index in [1.807, 2.05) is 0 Å². The van der Waals surface area contributed by atoms with Crippen LogP contribution in [0.25, 0.3) is 0 Å². The Balaban J connectivity index is 2.78. The summed E-state index contributed by atoms with van der Waals surface area (Å²) in [6.45, 7) is -0.450. The van der Waals surface area contributed by atoms with Gasteiger partial charge in [-0.25, -0.2) is 0 Å². The van der Waals surface area contributed by atoms with Crippen molar-refractivity contribution >= 4 is 21.8 Å². The highest BCUT2D eigenvalue weighted by molar-refractivity contribution is 7.85. The summed E-state index contributed by atoms with van der Waals surface area (Å²) in [5.74, 6) is -1.61. The predicted molar refractivity (Wildman–Crippen MR) is 60.5 cm³/mol. The number of aliphatic carboxylic acids is 1. The van der Waals surface area contributed by atoms with Crippen LogP contribution < -0.4 is 4.90 Å². The summed E-state index contributed by atoms with van der Waals surface area (Å²) in [4.78, 5) is 15.7. The van der Waals surface area contributed by atoms with Crippen LogP contribution in [0.1, 0.15) is 0 Å². The van der Waals surface area contributed by atoms with Crippen molar-refractivity contribution in [2.45, 2.75) is 0 Å². The van der Waals surface area contributed by atoms with E-state index in [1.54, 1.807) is 12.1 Å². The molecule has 17 heavy (non-hydrogen) atoms. The number of hydrogen-bond donors (Lipinski definition) is 2. The first-order valence-corrected chi connectivity index (χ1v) is 6.31. The maximum Gasteiger partial charge on any atom is 0.323 e. The summed E-state index contributed by atoms with van der Waals surface area (Å²) in [7, 11) is -4.11. The molecule has 0 aliphatic carbocycles. The average molecular weight is 260 g/mol. The predicted octanol–water partition coefficient (Wildman–Crippen LogP) is -0.140. The van der Waals surface area contributed by atoms with Gasteiger partial charge in [0.05, 0.1) is 5.75 Å². The fourth-order valence-corrected chi connectivity index (χ4v) is 1.69. The molecule has 0 amide bonds. The van der Waals surface area contributed by atoms with Crippen LogP contribution in [-0.2, 0) is 14.9 Å². The standard InChI is InChI=1S/C9H12N2O5S/c12-9(13)7-11(5-6-17(14,15)16)8-1-3-10-4-2-8/h1-4H,5-7H2,(H,12,13)(H,14,15,16). The monoisotopic (exact) mass is 260 g/mol. The zero-order valence-electron chi connectivity index (χ0n) is 8.85. The average Bonchev–Trinajstić information content (AvgIpc) is 2.24. The van der Waals surface area contributed by atoms with Crippen molar-refractivity contribution in [3.63, 3.8) is 0 Å². The lowest BCUT2D eigenvalue weighted by molar-refractivity contribution is -0.135. The fourth-order valence-electron chi connectivity index (χ4n) is 1.24. The Hall–Kier alpha value is -1.67. The summed E-state index contributed by atoms with van der Waals surface area (Å²) < 4.78 is 29.9. The number of hydrogen-bond acceptors (Lipinski definition) is 5. The van der Waals surface area contributed by atoms with Gasteiger partial charge in [0.2, 0.25) is 0 Å². The molecule has 1 aromatic heterocycles. The molecule has 2 N–H and O–H groups in total. The van der Waals surface area contributed by atoms with Gasteiger partial charge in [0, 0.05) is 24.6 Å². The van der Waals surface area contributed by atoms with Crippen LogP contribution in [0.2, 0.25) is 0 Å². The molecule has 0 saturated carbocycles. The summed E-state index contributed by atoms with van der Waals surface area (Å²) in [6, 6.07) is 3.12. The molecular formula is C9H12N2O5S. The molecule has 7 nitrogen and oxygen atoms in total. The van der Waals surface area contributed by atoms with Gasteiger partial charge in [-0.3, -0.25) is 14.3 Å². The zero-order valence-corrected chi connectivity index (χ0v) is 9.67. The Bertz CT molecular complexity index is 473. The van der Waals surface area contributed by atoms with Crippen LogP contribution in [0.5, 0.6) is 0 Å². The third-order valence-electron chi connectivity index (χ3n) is 1.97. The van der Waals surface area contributed by atoms with E-state index < -0.39 is 21.8 Å². The van der Waals surface area contributed by atoms with Gasteiger partial charge in [0.1, 0.15) is 6.54 Å². The SMILES string of the molecule is O=C(O)CN(CCS(=O)(=O)O)c1ccncc1. The Morgan fingerprint density at radius 1 is 1.35 bits per heavy atom. The summed E-state index contributed by atoms with van der Waals surface area (Å²) in [5, 5.41) is 8.71. The minimum atomic E-state index is -4.11. The number of carboxylic acid groups (broad SMARTS) is 1. The number of nitrogens with zero attached hydrogens (tertiary/aromatic N) is 2. The van der Waals surface area contributed by atoms with Gasteiger partial charge in [0.15, 0.2) is 0 Å². The molecule has 0 bridgehead atoms. The minimum absolute atomic E-state index is 0.102. The molecule has 8 heteroatoms. The van der Waals surface area contributed by atoms with E-state index in [9.17, 15) is 13.2 Å². The number of anilines is 1. The lowest BCUT2D eigenvalue weighted by Crippen LogP contribution is -2.33. The maximum atomic E-state index is 10.6. The molecule has 94 valence electrons. The maximum absolute atomic E-state index is 10.6. The van der Waals surface area contributed by atoms with Crippen LogP contribution in [-0.4, -0.2) is 47.9 Å². The van der Waals surface area contributed by atoms with E-state index in [0.29, 0.717) is 5.69 Å². The van der Waals surface area contributed by atoms with Crippen molar-refractivity contribution in [2.75, 3.05) is 23.7 Å². The molecule has 0 aliphatic rings. The van der Waals surface area contributed by atoms with Crippen molar-refractivity contribution in [1.82, 2.24) is 4.98 Å². The van der Waals surface area contributed by atoms with Crippen LogP contribution in [0.15, 0.2) is 24.5 Å². The van der Waals surface area contributed by atoms with E-state index in [1.165, 1.54) is 17.3 Å². The van der Waals surface area contributed by atoms with Crippen molar-refractivity contribution in [3.05, 3.63) is 24.5 Å². The molecule has 1 aromatic rings. The molecule has 0 fully saturated rings. The van der Waals surface area contributed by atoms with Gasteiger partial charge in [-0.1, -0.05) is 0 Å². The summed E-state index contributed by atoms with van der Waals surface area (Å²) >= 11 is 0. The lowest BCUT2D eigenvalue weighted by atomic mass is 10.3. The quantitative estimate of drug-likeness (QED) is 0.685. The number of rotatable bonds is 6. The molecule has 0 aromatic carbocycles. The first-order valence-electron chi connectivity index (χ1n) is 4.70. The Morgan fingerprint density at radius 2 is 1.94 bits per heavy atom. The molecule has 0 atom stereocenters. The third-order valence-corrected chi connectivity index (χ3v) is 2.67. The second-order valence-electron chi connectivity index (χ2n) is 3.31. The van der Waals surface area contributed by atoms with Crippen molar-refractivity contribution in [1.29, 1.82) is 0 Å². The molecule has 1 heterocycles. The Labute approximate surface area is 98.5 Å². The summed E-state index contributed by atoms with van der Waals surface area (Å²) in [5.41, 5.74) is 0.533. The van der Waals surface area contributed by atoms with Gasteiger partial charge in [0.25, 0.3) is 10.1 Å². The third kappa shape index (κ3) is 5.27. The first kappa shape index (κ1) is 13.4. The fraction of sp³-hybridized carbons (Fsp3) is 0.333. The van der Waals surface area contributed by atoms with E-state index in [4.69, 9.17) is 9.66 Å². The lowest BCUT2D eigenvalue weighted by Gasteiger charge is -2.21. The molecule has 0 radical (unpaired) electrons. The Morgan fingerprint density at radius 3 is 2.41 bits per heavy atom. The van der Waals surface area contributed by atoms with Gasteiger partial charge >= 0.3 is 5.97 Å². The highest BCUT2D eigenvalue weighted by Crippen LogP contribution is 2.11. The molecule has 0 aliphatic heterocycles. The second-order valence-corrected chi connectivity index (χ2v) is 4.88. The van der Waals surface area contributed by atoms with Crippen molar-refractivity contribution in [2.24, 2.45) is 0 Å².